The minimum atomic E-state index is 0.600. The molecule has 0 saturated heterocycles. The minimum absolute atomic E-state index is 0.600. The van der Waals surface area contributed by atoms with Gasteiger partial charge in [-0.3, -0.25) is 0 Å². The molecule has 2 heteroatoms. The lowest BCUT2D eigenvalue weighted by Crippen LogP contribution is -2.34. The van der Waals surface area contributed by atoms with Crippen LogP contribution >= 0.6 is 0 Å². The van der Waals surface area contributed by atoms with Crippen molar-refractivity contribution < 1.29 is 4.42 Å². The third-order valence-electron chi connectivity index (χ3n) is 4.86. The molecule has 0 aliphatic heterocycles. The summed E-state index contributed by atoms with van der Waals surface area (Å²) in [5.41, 5.74) is 2.33. The first-order valence-corrected chi connectivity index (χ1v) is 7.96. The molecule has 2 nitrogen and oxygen atoms in total. The van der Waals surface area contributed by atoms with Crippen molar-refractivity contribution >= 4 is 11.0 Å². The number of nitrogens with one attached hydrogen (secondary N) is 1. The second-order valence-corrected chi connectivity index (χ2v) is 6.20. The number of furan rings is 1. The van der Waals surface area contributed by atoms with Crippen LogP contribution in [-0.4, -0.2) is 6.04 Å². The number of para-hydroxylation sites is 1. The zero-order valence-corrected chi connectivity index (χ0v) is 12.6. The molecule has 0 amide bonds. The SMILES string of the molecule is Cc1oc2ccccc2c1CNC(C)C1CCCCC1. The summed E-state index contributed by atoms with van der Waals surface area (Å²) in [6.07, 6.45) is 7.02. The normalized spacial score (nSPS) is 18.5. The second kappa shape index (κ2) is 6.01. The van der Waals surface area contributed by atoms with Crippen LogP contribution in [0.15, 0.2) is 28.7 Å². The van der Waals surface area contributed by atoms with Crippen molar-refractivity contribution in [1.29, 1.82) is 0 Å². The summed E-state index contributed by atoms with van der Waals surface area (Å²) in [5, 5.41) is 4.99. The summed E-state index contributed by atoms with van der Waals surface area (Å²) in [7, 11) is 0. The van der Waals surface area contributed by atoms with Crippen molar-refractivity contribution in [2.75, 3.05) is 0 Å². The van der Waals surface area contributed by atoms with Gasteiger partial charge in [-0.1, -0.05) is 37.5 Å². The Morgan fingerprint density at radius 3 is 2.75 bits per heavy atom. The summed E-state index contributed by atoms with van der Waals surface area (Å²) in [6, 6.07) is 8.94. The molecule has 1 N–H and O–H groups in total. The van der Waals surface area contributed by atoms with Crippen LogP contribution in [0, 0.1) is 12.8 Å². The monoisotopic (exact) mass is 271 g/mol. The van der Waals surface area contributed by atoms with Gasteiger partial charge in [-0.15, -0.1) is 0 Å². The zero-order valence-electron chi connectivity index (χ0n) is 12.6. The smallest absolute Gasteiger partial charge is 0.134 e. The molecule has 0 spiro atoms. The van der Waals surface area contributed by atoms with Crippen molar-refractivity contribution in [3.8, 4) is 0 Å². The molecule has 108 valence electrons. The summed E-state index contributed by atoms with van der Waals surface area (Å²) >= 11 is 0. The van der Waals surface area contributed by atoms with E-state index in [4.69, 9.17) is 4.42 Å². The molecule has 1 fully saturated rings. The fourth-order valence-electron chi connectivity index (χ4n) is 3.50. The van der Waals surface area contributed by atoms with E-state index in [1.54, 1.807) is 0 Å². The molecular weight excluding hydrogens is 246 g/mol. The molecule has 1 heterocycles. The molecule has 1 aliphatic rings. The molecule has 1 aromatic heterocycles. The van der Waals surface area contributed by atoms with Gasteiger partial charge in [0.25, 0.3) is 0 Å². The molecule has 20 heavy (non-hydrogen) atoms. The number of hydrogen-bond acceptors (Lipinski definition) is 2. The van der Waals surface area contributed by atoms with E-state index in [9.17, 15) is 0 Å². The fourth-order valence-corrected chi connectivity index (χ4v) is 3.50. The van der Waals surface area contributed by atoms with Crippen LogP contribution in [0.3, 0.4) is 0 Å². The Labute approximate surface area is 121 Å². The third-order valence-corrected chi connectivity index (χ3v) is 4.86. The van der Waals surface area contributed by atoms with Gasteiger partial charge in [0.2, 0.25) is 0 Å². The molecule has 1 unspecified atom stereocenters. The van der Waals surface area contributed by atoms with E-state index in [0.717, 1.165) is 23.8 Å². The Kier molecular flexibility index (Phi) is 4.11. The van der Waals surface area contributed by atoms with Gasteiger partial charge in [0.15, 0.2) is 0 Å². The Bertz CT molecular complexity index is 566. The molecule has 1 atom stereocenters. The average Bonchev–Trinajstić information content (AvgIpc) is 2.81. The van der Waals surface area contributed by atoms with E-state index >= 15 is 0 Å². The van der Waals surface area contributed by atoms with Gasteiger partial charge in [-0.2, -0.15) is 0 Å². The van der Waals surface area contributed by atoms with E-state index in [2.05, 4.69) is 37.4 Å². The molecule has 0 radical (unpaired) electrons. The van der Waals surface area contributed by atoms with Gasteiger partial charge >= 0.3 is 0 Å². The highest BCUT2D eigenvalue weighted by molar-refractivity contribution is 5.82. The minimum Gasteiger partial charge on any atom is -0.461 e. The van der Waals surface area contributed by atoms with E-state index in [-0.39, 0.29) is 0 Å². The van der Waals surface area contributed by atoms with Crippen molar-refractivity contribution in [1.82, 2.24) is 5.32 Å². The molecule has 3 rings (SSSR count). The molecule has 1 aliphatic carbocycles. The Hall–Kier alpha value is -1.28. The van der Waals surface area contributed by atoms with E-state index in [0.29, 0.717) is 6.04 Å². The van der Waals surface area contributed by atoms with E-state index in [1.165, 1.54) is 43.1 Å². The Morgan fingerprint density at radius 1 is 1.20 bits per heavy atom. The summed E-state index contributed by atoms with van der Waals surface area (Å²) in [5.74, 6) is 1.90. The average molecular weight is 271 g/mol. The maximum Gasteiger partial charge on any atom is 0.134 e. The van der Waals surface area contributed by atoms with Gasteiger partial charge < -0.3 is 9.73 Å². The van der Waals surface area contributed by atoms with Crippen LogP contribution in [0.4, 0.5) is 0 Å². The lowest BCUT2D eigenvalue weighted by Gasteiger charge is -2.28. The topological polar surface area (TPSA) is 25.2 Å². The summed E-state index contributed by atoms with van der Waals surface area (Å²) in [6.45, 7) is 5.33. The first-order valence-electron chi connectivity index (χ1n) is 7.96. The van der Waals surface area contributed by atoms with Crippen LogP contribution in [0.25, 0.3) is 11.0 Å². The zero-order chi connectivity index (χ0) is 13.9. The molecular formula is C18H25NO. The predicted octanol–water partition coefficient (Wildman–Crippen LogP) is 4.80. The van der Waals surface area contributed by atoms with Crippen molar-refractivity contribution in [3.63, 3.8) is 0 Å². The summed E-state index contributed by atoms with van der Waals surface area (Å²) in [4.78, 5) is 0. The first kappa shape index (κ1) is 13.7. The van der Waals surface area contributed by atoms with Gasteiger partial charge in [-0.05, 0) is 38.7 Å². The second-order valence-electron chi connectivity index (χ2n) is 6.20. The van der Waals surface area contributed by atoms with Gasteiger partial charge in [0.05, 0.1) is 0 Å². The number of fused-ring (bicyclic) bond motifs is 1. The van der Waals surface area contributed by atoms with Crippen LogP contribution in [0.5, 0.6) is 0 Å². The van der Waals surface area contributed by atoms with Gasteiger partial charge in [-0.25, -0.2) is 0 Å². The van der Waals surface area contributed by atoms with Crippen LogP contribution in [0.2, 0.25) is 0 Å². The fraction of sp³-hybridized carbons (Fsp3) is 0.556. The molecule has 0 bridgehead atoms. The van der Waals surface area contributed by atoms with Crippen molar-refractivity contribution in [2.45, 2.75) is 58.5 Å². The van der Waals surface area contributed by atoms with Crippen LogP contribution < -0.4 is 5.32 Å². The maximum atomic E-state index is 5.84. The maximum absolute atomic E-state index is 5.84. The van der Waals surface area contributed by atoms with Gasteiger partial charge in [0, 0.05) is 23.5 Å². The number of rotatable bonds is 4. The largest absolute Gasteiger partial charge is 0.461 e. The van der Waals surface area contributed by atoms with Gasteiger partial charge in [0.1, 0.15) is 11.3 Å². The molecule has 2 aromatic rings. The third kappa shape index (κ3) is 2.76. The van der Waals surface area contributed by atoms with Crippen LogP contribution in [-0.2, 0) is 6.54 Å². The first-order chi connectivity index (χ1) is 9.75. The lowest BCUT2D eigenvalue weighted by atomic mass is 9.84. The Morgan fingerprint density at radius 2 is 1.95 bits per heavy atom. The lowest BCUT2D eigenvalue weighted by molar-refractivity contribution is 0.280. The highest BCUT2D eigenvalue weighted by Crippen LogP contribution is 2.28. The van der Waals surface area contributed by atoms with Crippen LogP contribution in [0.1, 0.15) is 50.4 Å². The highest BCUT2D eigenvalue weighted by atomic mass is 16.3. The Balaban J connectivity index is 1.68. The van der Waals surface area contributed by atoms with Crippen molar-refractivity contribution in [2.24, 2.45) is 5.92 Å². The predicted molar refractivity (Wildman–Crippen MR) is 83.8 cm³/mol. The number of aryl methyl sites for hydroxylation is 1. The van der Waals surface area contributed by atoms with E-state index < -0.39 is 0 Å². The van der Waals surface area contributed by atoms with E-state index in [1.807, 2.05) is 6.07 Å². The molecule has 1 aromatic carbocycles. The summed E-state index contributed by atoms with van der Waals surface area (Å²) < 4.78 is 5.84. The number of benzene rings is 1. The number of hydrogen-bond donors (Lipinski definition) is 1. The highest BCUT2D eigenvalue weighted by Gasteiger charge is 2.20. The quantitative estimate of drug-likeness (QED) is 0.864. The standard InChI is InChI=1S/C18H25NO/c1-13(15-8-4-3-5-9-15)19-12-17-14(2)20-18-11-7-6-10-16(17)18/h6-7,10-11,13,15,19H,3-5,8-9,12H2,1-2H3. The molecule has 1 saturated carbocycles. The van der Waals surface area contributed by atoms with Crippen molar-refractivity contribution in [3.05, 3.63) is 35.6 Å².